The molecule has 5 nitrogen and oxygen atoms in total. The number of hydrogen-bond donors (Lipinski definition) is 0. The second kappa shape index (κ2) is 14.2. The summed E-state index contributed by atoms with van der Waals surface area (Å²) < 4.78 is 30.3. The molecule has 0 aliphatic carbocycles. The molecule has 6 heteroatoms. The Morgan fingerprint density at radius 3 is 1.94 bits per heavy atom. The van der Waals surface area contributed by atoms with Gasteiger partial charge in [-0.2, -0.15) is 0 Å². The van der Waals surface area contributed by atoms with Crippen molar-refractivity contribution in [3.63, 3.8) is 0 Å². The Labute approximate surface area is 189 Å². The van der Waals surface area contributed by atoms with Crippen LogP contribution in [0.5, 0.6) is 11.5 Å². The average Bonchev–Trinajstić information content (AvgIpc) is 2.78. The quantitative estimate of drug-likeness (QED) is 0.222. The molecule has 0 saturated carbocycles. The largest absolute Gasteiger partial charge is 0.501 e. The van der Waals surface area contributed by atoms with Crippen molar-refractivity contribution in [2.45, 2.75) is 53.0 Å². The van der Waals surface area contributed by atoms with E-state index in [0.717, 1.165) is 47.9 Å². The van der Waals surface area contributed by atoms with Gasteiger partial charge in [-0.05, 0) is 45.2 Å². The van der Waals surface area contributed by atoms with E-state index in [9.17, 15) is 0 Å². The lowest BCUT2D eigenvalue weighted by Crippen LogP contribution is -2.46. The third-order valence-electron chi connectivity index (χ3n) is 4.79. The Balaban J connectivity index is 2.14. The predicted octanol–water partition coefficient (Wildman–Crippen LogP) is 6.35. The zero-order chi connectivity index (χ0) is 22.4. The molecule has 0 saturated heterocycles. The third-order valence-corrected chi connectivity index (χ3v) is 7.94. The topological polar surface area (TPSA) is 46.2 Å². The van der Waals surface area contributed by atoms with Crippen LogP contribution in [0.3, 0.4) is 0 Å². The lowest BCUT2D eigenvalue weighted by molar-refractivity contribution is 0.0696. The molecule has 2 rings (SSSR count). The van der Waals surface area contributed by atoms with Crippen LogP contribution in [0.1, 0.15) is 47.0 Å². The lowest BCUT2D eigenvalue weighted by Gasteiger charge is -2.28. The Morgan fingerprint density at radius 1 is 0.677 bits per heavy atom. The third kappa shape index (κ3) is 7.96. The fraction of sp³-hybridized carbons (Fsp3) is 0.520. The van der Waals surface area contributed by atoms with E-state index in [2.05, 4.69) is 25.1 Å². The molecule has 31 heavy (non-hydrogen) atoms. The normalized spacial score (nSPS) is 11.5. The van der Waals surface area contributed by atoms with E-state index in [1.54, 1.807) is 0 Å². The van der Waals surface area contributed by atoms with Crippen LogP contribution < -0.4 is 9.47 Å². The highest BCUT2D eigenvalue weighted by molar-refractivity contribution is 6.60. The predicted molar refractivity (Wildman–Crippen MR) is 128 cm³/mol. The van der Waals surface area contributed by atoms with Gasteiger partial charge in [0.05, 0.1) is 13.2 Å². The first-order valence-corrected chi connectivity index (χ1v) is 13.5. The van der Waals surface area contributed by atoms with Crippen molar-refractivity contribution >= 4 is 8.80 Å². The summed E-state index contributed by atoms with van der Waals surface area (Å²) in [4.78, 5) is 0. The Bertz CT molecular complexity index is 721. The van der Waals surface area contributed by atoms with Crippen LogP contribution >= 0.6 is 0 Å². The summed E-state index contributed by atoms with van der Waals surface area (Å²) in [7, 11) is -2.66. The SMILES string of the molecule is CCCCOc1cccc(-c2ccccc2)c1OCCC[Si](OCC)(OCC)OCC. The minimum Gasteiger partial charge on any atom is -0.490 e. The molecule has 172 valence electrons. The Morgan fingerprint density at radius 2 is 1.32 bits per heavy atom. The summed E-state index contributed by atoms with van der Waals surface area (Å²) >= 11 is 0. The van der Waals surface area contributed by atoms with Crippen molar-refractivity contribution in [3.8, 4) is 22.6 Å². The van der Waals surface area contributed by atoms with Gasteiger partial charge in [0.1, 0.15) is 0 Å². The molecule has 0 atom stereocenters. The van der Waals surface area contributed by atoms with Crippen molar-refractivity contribution < 1.29 is 22.8 Å². The second-order valence-electron chi connectivity index (χ2n) is 7.13. The van der Waals surface area contributed by atoms with Gasteiger partial charge in [-0.1, -0.05) is 55.8 Å². The molecule has 2 aromatic carbocycles. The van der Waals surface area contributed by atoms with Gasteiger partial charge in [0.2, 0.25) is 0 Å². The zero-order valence-corrected chi connectivity index (χ0v) is 20.5. The van der Waals surface area contributed by atoms with E-state index < -0.39 is 8.80 Å². The summed E-state index contributed by atoms with van der Waals surface area (Å²) in [5.74, 6) is 1.58. The van der Waals surface area contributed by atoms with E-state index in [-0.39, 0.29) is 0 Å². The van der Waals surface area contributed by atoms with Crippen LogP contribution in [0.2, 0.25) is 6.04 Å². The van der Waals surface area contributed by atoms with Crippen molar-refractivity contribution in [1.82, 2.24) is 0 Å². The number of benzene rings is 2. The molecule has 0 radical (unpaired) electrons. The number of para-hydroxylation sites is 1. The number of unbranched alkanes of at least 4 members (excludes halogenated alkanes) is 1. The van der Waals surface area contributed by atoms with Gasteiger partial charge in [0.15, 0.2) is 11.5 Å². The highest BCUT2D eigenvalue weighted by Gasteiger charge is 2.39. The Kier molecular flexibility index (Phi) is 11.7. The second-order valence-corrected chi connectivity index (χ2v) is 9.87. The molecule has 2 aromatic rings. The minimum atomic E-state index is -2.66. The van der Waals surface area contributed by atoms with E-state index in [1.807, 2.05) is 51.1 Å². The van der Waals surface area contributed by atoms with Crippen molar-refractivity contribution in [3.05, 3.63) is 48.5 Å². The van der Waals surface area contributed by atoms with Gasteiger partial charge in [-0.25, -0.2) is 0 Å². The monoisotopic (exact) mass is 446 g/mol. The zero-order valence-electron chi connectivity index (χ0n) is 19.5. The van der Waals surface area contributed by atoms with Gasteiger partial charge in [-0.15, -0.1) is 0 Å². The van der Waals surface area contributed by atoms with Crippen LogP contribution in [0.15, 0.2) is 48.5 Å². The molecular weight excluding hydrogens is 408 g/mol. The molecule has 0 heterocycles. The van der Waals surface area contributed by atoms with Gasteiger partial charge in [0.25, 0.3) is 0 Å². The van der Waals surface area contributed by atoms with Crippen LogP contribution in [0, 0.1) is 0 Å². The summed E-state index contributed by atoms with van der Waals surface area (Å²) in [5.41, 5.74) is 2.15. The first-order chi connectivity index (χ1) is 15.2. The number of rotatable bonds is 16. The van der Waals surface area contributed by atoms with E-state index in [4.69, 9.17) is 22.8 Å². The van der Waals surface area contributed by atoms with Crippen LogP contribution in [0.25, 0.3) is 11.1 Å². The molecule has 0 aliphatic rings. The smallest absolute Gasteiger partial charge is 0.490 e. The highest BCUT2D eigenvalue weighted by atomic mass is 28.4. The molecule has 0 fully saturated rings. The summed E-state index contributed by atoms with van der Waals surface area (Å²) in [6.45, 7) is 11.1. The maximum atomic E-state index is 6.31. The first kappa shape index (κ1) is 25.4. The highest BCUT2D eigenvalue weighted by Crippen LogP contribution is 2.38. The van der Waals surface area contributed by atoms with Gasteiger partial charge >= 0.3 is 8.80 Å². The van der Waals surface area contributed by atoms with E-state index >= 15 is 0 Å². The maximum Gasteiger partial charge on any atom is 0.501 e. The molecular formula is C25H38O5Si. The minimum absolute atomic E-state index is 0.538. The van der Waals surface area contributed by atoms with Crippen molar-refractivity contribution in [2.75, 3.05) is 33.0 Å². The molecule has 0 unspecified atom stereocenters. The molecule has 0 aliphatic heterocycles. The van der Waals surface area contributed by atoms with Crippen molar-refractivity contribution in [1.29, 1.82) is 0 Å². The van der Waals surface area contributed by atoms with Gasteiger partial charge in [-0.3, -0.25) is 0 Å². The molecule has 0 amide bonds. The summed E-state index contributed by atoms with van der Waals surface area (Å²) in [6, 6.07) is 17.1. The van der Waals surface area contributed by atoms with E-state index in [0.29, 0.717) is 33.0 Å². The fourth-order valence-electron chi connectivity index (χ4n) is 3.41. The van der Waals surface area contributed by atoms with Gasteiger partial charge < -0.3 is 22.8 Å². The molecule has 0 spiro atoms. The average molecular weight is 447 g/mol. The summed E-state index contributed by atoms with van der Waals surface area (Å²) in [5, 5.41) is 0. The lowest BCUT2D eigenvalue weighted by atomic mass is 10.0. The van der Waals surface area contributed by atoms with Gasteiger partial charge in [0, 0.05) is 31.4 Å². The molecule has 0 bridgehead atoms. The van der Waals surface area contributed by atoms with Crippen molar-refractivity contribution in [2.24, 2.45) is 0 Å². The van der Waals surface area contributed by atoms with Crippen LogP contribution in [-0.4, -0.2) is 41.8 Å². The maximum absolute atomic E-state index is 6.31. The van der Waals surface area contributed by atoms with Crippen LogP contribution in [0.4, 0.5) is 0 Å². The number of hydrogen-bond acceptors (Lipinski definition) is 5. The molecule has 0 aromatic heterocycles. The summed E-state index contributed by atoms with van der Waals surface area (Å²) in [6.07, 6.45) is 2.89. The molecule has 0 N–H and O–H groups in total. The standard InChI is InChI=1S/C25H38O5Si/c1-5-9-19-26-24-18-13-17-23(22-15-11-10-12-16-22)25(24)27-20-14-21-31(28-6-2,29-7-3)30-8-4/h10-13,15-18H,5-9,14,19-21H2,1-4H3. The Hall–Kier alpha value is -1.86. The van der Waals surface area contributed by atoms with Crippen LogP contribution in [-0.2, 0) is 13.3 Å². The first-order valence-electron chi connectivity index (χ1n) is 11.6. The number of ether oxygens (including phenoxy) is 2. The van der Waals surface area contributed by atoms with E-state index in [1.165, 1.54) is 0 Å². The fourth-order valence-corrected chi connectivity index (χ4v) is 5.99.